The van der Waals surface area contributed by atoms with E-state index in [1.807, 2.05) is 6.07 Å². The van der Waals surface area contributed by atoms with Crippen LogP contribution in [0.25, 0.3) is 10.9 Å². The molecule has 1 amide bonds. The highest BCUT2D eigenvalue weighted by Gasteiger charge is 2.23. The number of aryl methyl sites for hydroxylation is 1. The number of rotatable bonds is 3. The summed E-state index contributed by atoms with van der Waals surface area (Å²) in [5, 5.41) is 10.3. The van der Waals surface area contributed by atoms with Gasteiger partial charge >= 0.3 is 5.97 Å². The zero-order chi connectivity index (χ0) is 14.3. The van der Waals surface area contributed by atoms with Crippen molar-refractivity contribution in [1.29, 1.82) is 0 Å². The minimum atomic E-state index is -0.976. The second-order valence-corrected chi connectivity index (χ2v) is 5.19. The van der Waals surface area contributed by atoms with Crippen LogP contribution in [0.15, 0.2) is 18.2 Å². The summed E-state index contributed by atoms with van der Waals surface area (Å²) in [5.74, 6) is -1.42. The lowest BCUT2D eigenvalue weighted by Gasteiger charge is -2.15. The number of nitrogens with two attached hydrogens (primary N) is 1. The van der Waals surface area contributed by atoms with Gasteiger partial charge in [0, 0.05) is 11.1 Å². The number of carbonyl (C=O) groups excluding carboxylic acids is 1. The highest BCUT2D eigenvalue weighted by Crippen LogP contribution is 2.33. The molecule has 3 rings (SSSR count). The normalized spacial score (nSPS) is 14.2. The van der Waals surface area contributed by atoms with E-state index in [9.17, 15) is 14.7 Å². The maximum Gasteiger partial charge on any atom is 0.337 e. The number of hydrogen-bond donors (Lipinski definition) is 2. The Kier molecular flexibility index (Phi) is 2.97. The monoisotopic (exact) mass is 272 g/mol. The standard InChI is InChI=1S/C15H16N2O3/c16-13(18)8-17-12-7-2-1-4-9(12)10-5-3-6-11(14(10)17)15(19)20/h3,5-6H,1-2,4,7-8H2,(H2,16,18)(H,19,20). The Bertz CT molecular complexity index is 715. The first kappa shape index (κ1) is 12.7. The van der Waals surface area contributed by atoms with Crippen LogP contribution in [-0.4, -0.2) is 21.6 Å². The molecule has 0 bridgehead atoms. The van der Waals surface area contributed by atoms with E-state index in [-0.39, 0.29) is 12.1 Å². The van der Waals surface area contributed by atoms with Crippen LogP contribution in [0.5, 0.6) is 0 Å². The molecule has 0 fully saturated rings. The molecule has 0 atom stereocenters. The molecule has 5 heteroatoms. The van der Waals surface area contributed by atoms with Crippen LogP contribution >= 0.6 is 0 Å². The highest BCUT2D eigenvalue weighted by molar-refractivity contribution is 6.04. The van der Waals surface area contributed by atoms with Gasteiger partial charge in [-0.25, -0.2) is 4.79 Å². The summed E-state index contributed by atoms with van der Waals surface area (Å²) in [4.78, 5) is 22.8. The zero-order valence-electron chi connectivity index (χ0n) is 11.1. The van der Waals surface area contributed by atoms with Gasteiger partial charge in [-0.15, -0.1) is 0 Å². The third kappa shape index (κ3) is 1.86. The van der Waals surface area contributed by atoms with Gasteiger partial charge in [-0.05, 0) is 37.3 Å². The zero-order valence-corrected chi connectivity index (χ0v) is 11.1. The van der Waals surface area contributed by atoms with Crippen molar-refractivity contribution in [3.63, 3.8) is 0 Å². The van der Waals surface area contributed by atoms with Gasteiger partial charge < -0.3 is 15.4 Å². The molecule has 0 radical (unpaired) electrons. The van der Waals surface area contributed by atoms with E-state index in [0.717, 1.165) is 36.8 Å². The minimum absolute atomic E-state index is 0.0378. The second-order valence-electron chi connectivity index (χ2n) is 5.19. The number of aromatic nitrogens is 1. The quantitative estimate of drug-likeness (QED) is 0.891. The number of nitrogens with zero attached hydrogens (tertiary/aromatic N) is 1. The van der Waals surface area contributed by atoms with E-state index in [2.05, 4.69) is 0 Å². The van der Waals surface area contributed by atoms with Gasteiger partial charge in [0.25, 0.3) is 0 Å². The third-order valence-electron chi connectivity index (χ3n) is 3.94. The van der Waals surface area contributed by atoms with Crippen LogP contribution < -0.4 is 5.73 Å². The lowest BCUT2D eigenvalue weighted by atomic mass is 9.95. The number of primary amides is 1. The Morgan fingerprint density at radius 1 is 1.25 bits per heavy atom. The van der Waals surface area contributed by atoms with Crippen LogP contribution in [0.1, 0.15) is 34.5 Å². The molecule has 1 aromatic heterocycles. The SMILES string of the molecule is NC(=O)Cn1c2c(c3cccc(C(=O)O)c31)CCCC2. The molecule has 3 N–H and O–H groups in total. The Balaban J connectivity index is 2.37. The number of aromatic carboxylic acids is 1. The maximum atomic E-state index is 11.4. The molecule has 5 nitrogen and oxygen atoms in total. The molecule has 0 spiro atoms. The average Bonchev–Trinajstić information content (AvgIpc) is 2.73. The van der Waals surface area contributed by atoms with Crippen LogP contribution in [0.2, 0.25) is 0 Å². The average molecular weight is 272 g/mol. The molecule has 0 unspecified atom stereocenters. The van der Waals surface area contributed by atoms with Crippen molar-refractivity contribution in [3.8, 4) is 0 Å². The van der Waals surface area contributed by atoms with E-state index >= 15 is 0 Å². The van der Waals surface area contributed by atoms with Gasteiger partial charge in [-0.3, -0.25) is 4.79 Å². The van der Waals surface area contributed by atoms with E-state index in [0.29, 0.717) is 5.52 Å². The molecular formula is C15H16N2O3. The van der Waals surface area contributed by atoms with Crippen molar-refractivity contribution in [2.45, 2.75) is 32.2 Å². The summed E-state index contributed by atoms with van der Waals surface area (Å²) < 4.78 is 1.80. The van der Waals surface area contributed by atoms with Gasteiger partial charge in [0.05, 0.1) is 11.1 Å². The summed E-state index contributed by atoms with van der Waals surface area (Å²) >= 11 is 0. The topological polar surface area (TPSA) is 85.3 Å². The third-order valence-corrected chi connectivity index (χ3v) is 3.94. The Labute approximate surface area is 116 Å². The van der Waals surface area contributed by atoms with Crippen molar-refractivity contribution < 1.29 is 14.7 Å². The van der Waals surface area contributed by atoms with Crippen molar-refractivity contribution in [2.24, 2.45) is 5.73 Å². The molecule has 104 valence electrons. The number of amides is 1. The summed E-state index contributed by atoms with van der Waals surface area (Å²) in [5.41, 5.74) is 8.44. The molecule has 0 aliphatic heterocycles. The van der Waals surface area contributed by atoms with Gasteiger partial charge in [0.1, 0.15) is 6.54 Å². The van der Waals surface area contributed by atoms with Crippen molar-refractivity contribution >= 4 is 22.8 Å². The summed E-state index contributed by atoms with van der Waals surface area (Å²) in [6.45, 7) is 0.0378. The Hall–Kier alpha value is -2.30. The van der Waals surface area contributed by atoms with Crippen LogP contribution in [0, 0.1) is 0 Å². The lowest BCUT2D eigenvalue weighted by Crippen LogP contribution is -2.21. The van der Waals surface area contributed by atoms with Crippen LogP contribution in [0.4, 0.5) is 0 Å². The predicted octanol–water partition coefficient (Wildman–Crippen LogP) is 1.70. The summed E-state index contributed by atoms with van der Waals surface area (Å²) in [6, 6.07) is 5.27. The fourth-order valence-corrected chi connectivity index (χ4v) is 3.19. The molecule has 2 aromatic rings. The van der Waals surface area contributed by atoms with E-state index in [4.69, 9.17) is 5.73 Å². The first-order chi connectivity index (χ1) is 9.59. The summed E-state index contributed by atoms with van der Waals surface area (Å²) in [7, 11) is 0. The molecule has 1 aliphatic carbocycles. The second kappa shape index (κ2) is 4.67. The van der Waals surface area contributed by atoms with Crippen molar-refractivity contribution in [3.05, 3.63) is 35.0 Å². The van der Waals surface area contributed by atoms with E-state index < -0.39 is 11.9 Å². The van der Waals surface area contributed by atoms with Crippen molar-refractivity contribution in [1.82, 2.24) is 4.57 Å². The van der Waals surface area contributed by atoms with Gasteiger partial charge in [0.15, 0.2) is 0 Å². The fourth-order valence-electron chi connectivity index (χ4n) is 3.19. The molecule has 20 heavy (non-hydrogen) atoms. The number of carboxylic acids is 1. The predicted molar refractivity (Wildman–Crippen MR) is 74.7 cm³/mol. The molecule has 0 saturated carbocycles. The minimum Gasteiger partial charge on any atom is -0.478 e. The van der Waals surface area contributed by atoms with Gasteiger partial charge in [0.2, 0.25) is 5.91 Å². The molecule has 0 saturated heterocycles. The van der Waals surface area contributed by atoms with E-state index in [1.54, 1.807) is 16.7 Å². The van der Waals surface area contributed by atoms with Crippen LogP contribution in [-0.2, 0) is 24.2 Å². The van der Waals surface area contributed by atoms with Gasteiger partial charge in [-0.1, -0.05) is 12.1 Å². The Morgan fingerprint density at radius 3 is 2.70 bits per heavy atom. The number of carboxylic acid groups (broad SMARTS) is 1. The largest absolute Gasteiger partial charge is 0.478 e. The number of para-hydroxylation sites is 1. The number of fused-ring (bicyclic) bond motifs is 3. The number of carbonyl (C=O) groups is 2. The number of benzene rings is 1. The van der Waals surface area contributed by atoms with Crippen molar-refractivity contribution in [2.75, 3.05) is 0 Å². The first-order valence-electron chi connectivity index (χ1n) is 6.74. The molecule has 1 aromatic carbocycles. The lowest BCUT2D eigenvalue weighted by molar-refractivity contribution is -0.118. The highest BCUT2D eigenvalue weighted by atomic mass is 16.4. The summed E-state index contributed by atoms with van der Waals surface area (Å²) in [6.07, 6.45) is 3.96. The maximum absolute atomic E-state index is 11.4. The Morgan fingerprint density at radius 2 is 2.00 bits per heavy atom. The molecular weight excluding hydrogens is 256 g/mol. The smallest absolute Gasteiger partial charge is 0.337 e. The van der Waals surface area contributed by atoms with E-state index in [1.165, 1.54) is 5.56 Å². The fraction of sp³-hybridized carbons (Fsp3) is 0.333. The first-order valence-corrected chi connectivity index (χ1v) is 6.74. The molecule has 1 heterocycles. The van der Waals surface area contributed by atoms with Crippen LogP contribution in [0.3, 0.4) is 0 Å². The number of hydrogen-bond acceptors (Lipinski definition) is 2. The van der Waals surface area contributed by atoms with Gasteiger partial charge in [-0.2, -0.15) is 0 Å². The molecule has 1 aliphatic rings.